The quantitative estimate of drug-likeness (QED) is 0.678. The minimum atomic E-state index is 0.775. The van der Waals surface area contributed by atoms with Crippen LogP contribution < -0.4 is 5.32 Å². The summed E-state index contributed by atoms with van der Waals surface area (Å²) in [6, 6.07) is 1.61. The molecule has 1 aliphatic heterocycles. The molecule has 0 radical (unpaired) electrons. The van der Waals surface area contributed by atoms with Crippen LogP contribution in [0.1, 0.15) is 25.7 Å². The Kier molecular flexibility index (Phi) is 2.37. The highest BCUT2D eigenvalue weighted by Gasteiger charge is 2.37. The highest BCUT2D eigenvalue weighted by Crippen LogP contribution is 2.34. The van der Waals surface area contributed by atoms with Gasteiger partial charge in [-0.05, 0) is 45.8 Å². The fraction of sp³-hybridized carbons (Fsp3) is 1.00. The molecule has 0 aromatic carbocycles. The van der Waals surface area contributed by atoms with Crippen LogP contribution in [0.2, 0.25) is 0 Å². The monoisotopic (exact) mass is 168 g/mol. The largest absolute Gasteiger partial charge is 0.315 e. The summed E-state index contributed by atoms with van der Waals surface area (Å²) in [6.45, 7) is 1.30. The highest BCUT2D eigenvalue weighted by molar-refractivity contribution is 4.95. The lowest BCUT2D eigenvalue weighted by Crippen LogP contribution is -2.59. The van der Waals surface area contributed by atoms with Crippen molar-refractivity contribution in [3.8, 4) is 0 Å². The average Bonchev–Trinajstić information content (AvgIpc) is 1.97. The van der Waals surface area contributed by atoms with E-state index in [1.54, 1.807) is 0 Å². The van der Waals surface area contributed by atoms with Gasteiger partial charge in [-0.3, -0.25) is 0 Å². The smallest absolute Gasteiger partial charge is 0.0261 e. The van der Waals surface area contributed by atoms with E-state index in [9.17, 15) is 0 Å². The van der Waals surface area contributed by atoms with Gasteiger partial charge in [0.05, 0.1) is 0 Å². The highest BCUT2D eigenvalue weighted by atomic mass is 15.2. The van der Waals surface area contributed by atoms with E-state index in [1.165, 1.54) is 32.2 Å². The fourth-order valence-electron chi connectivity index (χ4n) is 2.53. The van der Waals surface area contributed by atoms with E-state index < -0.39 is 0 Å². The first-order chi connectivity index (χ1) is 5.83. The molecule has 70 valence electrons. The summed E-state index contributed by atoms with van der Waals surface area (Å²) in [6.07, 6.45) is 5.77. The molecule has 0 spiro atoms. The first kappa shape index (κ1) is 8.52. The van der Waals surface area contributed by atoms with Crippen molar-refractivity contribution in [2.75, 3.05) is 20.6 Å². The summed E-state index contributed by atoms with van der Waals surface area (Å²) in [4.78, 5) is 2.49. The second-order valence-corrected chi connectivity index (χ2v) is 4.34. The molecule has 2 unspecified atom stereocenters. The van der Waals surface area contributed by atoms with Crippen molar-refractivity contribution >= 4 is 0 Å². The third-order valence-electron chi connectivity index (χ3n) is 3.75. The van der Waals surface area contributed by atoms with Crippen LogP contribution in [0.3, 0.4) is 0 Å². The van der Waals surface area contributed by atoms with E-state index in [1.807, 2.05) is 0 Å². The van der Waals surface area contributed by atoms with Gasteiger partial charge in [0.2, 0.25) is 0 Å². The summed E-state index contributed by atoms with van der Waals surface area (Å²) in [5, 5.41) is 3.49. The minimum Gasteiger partial charge on any atom is -0.315 e. The van der Waals surface area contributed by atoms with Gasteiger partial charge in [-0.25, -0.2) is 0 Å². The number of hydrogen-bond donors (Lipinski definition) is 1. The van der Waals surface area contributed by atoms with Gasteiger partial charge >= 0.3 is 0 Å². The van der Waals surface area contributed by atoms with Gasteiger partial charge < -0.3 is 10.2 Å². The number of likely N-dealkylation sites (N-methyl/N-ethyl adjacent to an activating group) is 2. The van der Waals surface area contributed by atoms with Crippen LogP contribution in [0.15, 0.2) is 0 Å². The number of likely N-dealkylation sites (tertiary alicyclic amines) is 1. The molecule has 1 saturated carbocycles. The van der Waals surface area contributed by atoms with Crippen LogP contribution >= 0.6 is 0 Å². The number of rotatable bonds is 3. The van der Waals surface area contributed by atoms with Gasteiger partial charge in [0.15, 0.2) is 0 Å². The van der Waals surface area contributed by atoms with Crippen molar-refractivity contribution in [3.63, 3.8) is 0 Å². The molecule has 2 aliphatic rings. The molecule has 2 nitrogen and oxygen atoms in total. The first-order valence-corrected chi connectivity index (χ1v) is 5.20. The lowest BCUT2D eigenvalue weighted by molar-refractivity contribution is 0.0496. The molecule has 0 bridgehead atoms. The van der Waals surface area contributed by atoms with Crippen molar-refractivity contribution in [1.29, 1.82) is 0 Å². The zero-order valence-corrected chi connectivity index (χ0v) is 8.21. The molecule has 2 rings (SSSR count). The number of nitrogens with one attached hydrogen (secondary N) is 1. The molecular weight excluding hydrogens is 148 g/mol. The van der Waals surface area contributed by atoms with E-state index in [4.69, 9.17) is 0 Å². The second kappa shape index (κ2) is 3.35. The number of nitrogens with zero attached hydrogens (tertiary/aromatic N) is 1. The van der Waals surface area contributed by atoms with Gasteiger partial charge in [0.25, 0.3) is 0 Å². The molecule has 0 aromatic rings. The third-order valence-corrected chi connectivity index (χ3v) is 3.75. The third kappa shape index (κ3) is 1.27. The van der Waals surface area contributed by atoms with Crippen LogP contribution in [0.5, 0.6) is 0 Å². The Morgan fingerprint density at radius 1 is 1.33 bits per heavy atom. The Labute approximate surface area is 75.3 Å². The Balaban J connectivity index is 1.88. The lowest BCUT2D eigenvalue weighted by Gasteiger charge is -2.48. The molecule has 2 heteroatoms. The van der Waals surface area contributed by atoms with Crippen molar-refractivity contribution in [2.24, 2.45) is 5.92 Å². The molecule has 2 fully saturated rings. The van der Waals surface area contributed by atoms with E-state index in [2.05, 4.69) is 24.3 Å². The molecule has 2 atom stereocenters. The maximum atomic E-state index is 3.49. The van der Waals surface area contributed by atoms with E-state index in [0.717, 1.165) is 18.0 Å². The van der Waals surface area contributed by atoms with Gasteiger partial charge in [-0.2, -0.15) is 0 Å². The Morgan fingerprint density at radius 3 is 2.33 bits per heavy atom. The summed E-state index contributed by atoms with van der Waals surface area (Å²) in [7, 11) is 4.37. The van der Waals surface area contributed by atoms with E-state index in [0.29, 0.717) is 0 Å². The molecular formula is C10H20N2. The summed E-state index contributed by atoms with van der Waals surface area (Å²) < 4.78 is 0. The van der Waals surface area contributed by atoms with Crippen LogP contribution in [-0.2, 0) is 0 Å². The van der Waals surface area contributed by atoms with E-state index in [-0.39, 0.29) is 0 Å². The Morgan fingerprint density at radius 2 is 2.08 bits per heavy atom. The fourth-order valence-corrected chi connectivity index (χ4v) is 2.53. The van der Waals surface area contributed by atoms with Gasteiger partial charge in [-0.1, -0.05) is 6.42 Å². The molecule has 0 aromatic heterocycles. The standard InChI is InChI=1S/C10H20N2/c1-11-10(8-4-3-5-8)9-6-7-12(9)2/h8-11H,3-7H2,1-2H3. The lowest BCUT2D eigenvalue weighted by atomic mass is 9.74. The van der Waals surface area contributed by atoms with Crippen molar-refractivity contribution in [3.05, 3.63) is 0 Å². The van der Waals surface area contributed by atoms with Crippen molar-refractivity contribution in [2.45, 2.75) is 37.8 Å². The molecule has 0 amide bonds. The maximum Gasteiger partial charge on any atom is 0.0261 e. The predicted octanol–water partition coefficient (Wildman–Crippen LogP) is 1.08. The van der Waals surface area contributed by atoms with Crippen LogP contribution in [0.25, 0.3) is 0 Å². The van der Waals surface area contributed by atoms with Crippen molar-refractivity contribution < 1.29 is 0 Å². The Hall–Kier alpha value is -0.0800. The summed E-state index contributed by atoms with van der Waals surface area (Å²) >= 11 is 0. The molecule has 1 aliphatic carbocycles. The van der Waals surface area contributed by atoms with Gasteiger partial charge in [0.1, 0.15) is 0 Å². The van der Waals surface area contributed by atoms with Gasteiger partial charge in [-0.15, -0.1) is 0 Å². The van der Waals surface area contributed by atoms with Gasteiger partial charge in [0, 0.05) is 12.1 Å². The second-order valence-electron chi connectivity index (χ2n) is 4.34. The van der Waals surface area contributed by atoms with Crippen LogP contribution in [0.4, 0.5) is 0 Å². The molecule has 1 saturated heterocycles. The van der Waals surface area contributed by atoms with Crippen LogP contribution in [-0.4, -0.2) is 37.6 Å². The minimum absolute atomic E-state index is 0.775. The first-order valence-electron chi connectivity index (χ1n) is 5.20. The average molecular weight is 168 g/mol. The Bertz CT molecular complexity index is 154. The SMILES string of the molecule is CNC(C1CCC1)C1CCN1C. The van der Waals surface area contributed by atoms with Crippen molar-refractivity contribution in [1.82, 2.24) is 10.2 Å². The zero-order valence-electron chi connectivity index (χ0n) is 8.21. The van der Waals surface area contributed by atoms with Crippen LogP contribution in [0, 0.1) is 5.92 Å². The molecule has 12 heavy (non-hydrogen) atoms. The molecule has 1 heterocycles. The zero-order chi connectivity index (χ0) is 8.55. The molecule has 1 N–H and O–H groups in total. The maximum absolute atomic E-state index is 3.49. The topological polar surface area (TPSA) is 15.3 Å². The number of hydrogen-bond acceptors (Lipinski definition) is 2. The summed E-state index contributed by atoms with van der Waals surface area (Å²) in [5.74, 6) is 0.975. The normalized spacial score (nSPS) is 34.0. The van der Waals surface area contributed by atoms with E-state index >= 15 is 0 Å². The summed E-state index contributed by atoms with van der Waals surface area (Å²) in [5.41, 5.74) is 0. The predicted molar refractivity (Wildman–Crippen MR) is 51.2 cm³/mol.